The summed E-state index contributed by atoms with van der Waals surface area (Å²) >= 11 is 0. The molecule has 2 N–H and O–H groups in total. The highest BCUT2D eigenvalue weighted by Gasteiger charge is 2.16. The van der Waals surface area contributed by atoms with Gasteiger partial charge in [0, 0.05) is 38.3 Å². The van der Waals surface area contributed by atoms with Crippen molar-refractivity contribution in [3.63, 3.8) is 0 Å². The second-order valence-electron chi connectivity index (χ2n) is 6.69. The number of hydrogen-bond donors (Lipinski definition) is 2. The van der Waals surface area contributed by atoms with E-state index in [2.05, 4.69) is 36.4 Å². The molecule has 1 amide bonds. The van der Waals surface area contributed by atoms with Gasteiger partial charge in [-0.15, -0.1) is 0 Å². The summed E-state index contributed by atoms with van der Waals surface area (Å²) < 4.78 is 5.73. The Hall–Kier alpha value is -1.43. The Labute approximate surface area is 139 Å². The largest absolute Gasteiger partial charge is 0.374 e. The third-order valence-electron chi connectivity index (χ3n) is 3.90. The first kappa shape index (κ1) is 17.9. The SMILES string of the molecule is CC(C)CNC(=O)c1cccc(CNCC2CN(C)CCO2)c1. The third kappa shape index (κ3) is 6.29. The van der Waals surface area contributed by atoms with Crippen LogP contribution in [-0.2, 0) is 11.3 Å². The van der Waals surface area contributed by atoms with Crippen LogP contribution in [0.25, 0.3) is 0 Å². The van der Waals surface area contributed by atoms with Gasteiger partial charge in [0.1, 0.15) is 0 Å². The van der Waals surface area contributed by atoms with Gasteiger partial charge in [-0.3, -0.25) is 4.79 Å². The fourth-order valence-corrected chi connectivity index (χ4v) is 2.59. The van der Waals surface area contributed by atoms with E-state index >= 15 is 0 Å². The number of hydrogen-bond acceptors (Lipinski definition) is 4. The highest BCUT2D eigenvalue weighted by molar-refractivity contribution is 5.94. The van der Waals surface area contributed by atoms with Crippen LogP contribution < -0.4 is 10.6 Å². The van der Waals surface area contributed by atoms with Crippen molar-refractivity contribution in [2.75, 3.05) is 39.8 Å². The van der Waals surface area contributed by atoms with E-state index in [0.29, 0.717) is 12.5 Å². The Morgan fingerprint density at radius 3 is 3.00 bits per heavy atom. The number of likely N-dealkylation sites (N-methyl/N-ethyl adjacent to an activating group) is 1. The Morgan fingerprint density at radius 1 is 1.43 bits per heavy atom. The summed E-state index contributed by atoms with van der Waals surface area (Å²) in [5, 5.41) is 6.38. The lowest BCUT2D eigenvalue weighted by molar-refractivity contribution is -0.0182. The number of rotatable bonds is 7. The van der Waals surface area contributed by atoms with E-state index in [9.17, 15) is 4.79 Å². The maximum absolute atomic E-state index is 12.1. The predicted octanol–water partition coefficient (Wildman–Crippen LogP) is 1.49. The summed E-state index contributed by atoms with van der Waals surface area (Å²) in [5.41, 5.74) is 1.84. The first-order valence-corrected chi connectivity index (χ1v) is 8.42. The van der Waals surface area contributed by atoms with Crippen LogP contribution in [0.5, 0.6) is 0 Å². The number of carbonyl (C=O) groups excluding carboxylic acids is 1. The van der Waals surface area contributed by atoms with Gasteiger partial charge >= 0.3 is 0 Å². The van der Waals surface area contributed by atoms with Gasteiger partial charge in [0.05, 0.1) is 12.7 Å². The molecule has 1 aliphatic rings. The lowest BCUT2D eigenvalue weighted by Crippen LogP contribution is -2.44. The average Bonchev–Trinajstić information content (AvgIpc) is 2.53. The highest BCUT2D eigenvalue weighted by Crippen LogP contribution is 2.07. The summed E-state index contributed by atoms with van der Waals surface area (Å²) in [6, 6.07) is 7.79. The van der Waals surface area contributed by atoms with E-state index in [-0.39, 0.29) is 12.0 Å². The van der Waals surface area contributed by atoms with Gasteiger partial charge in [0.15, 0.2) is 0 Å². The van der Waals surface area contributed by atoms with Crippen LogP contribution in [0, 0.1) is 5.92 Å². The molecule has 1 unspecified atom stereocenters. The second-order valence-corrected chi connectivity index (χ2v) is 6.69. The fourth-order valence-electron chi connectivity index (χ4n) is 2.59. The number of amides is 1. The molecule has 1 aliphatic heterocycles. The molecule has 1 heterocycles. The molecule has 0 saturated carbocycles. The average molecular weight is 319 g/mol. The van der Waals surface area contributed by atoms with E-state index in [1.165, 1.54) is 0 Å². The molecule has 0 radical (unpaired) electrons. The van der Waals surface area contributed by atoms with Crippen LogP contribution in [0.3, 0.4) is 0 Å². The number of carbonyl (C=O) groups is 1. The molecular formula is C18H29N3O2. The van der Waals surface area contributed by atoms with E-state index in [1.54, 1.807) is 0 Å². The lowest BCUT2D eigenvalue weighted by Gasteiger charge is -2.30. The van der Waals surface area contributed by atoms with Crippen molar-refractivity contribution in [2.45, 2.75) is 26.5 Å². The Bertz CT molecular complexity index is 505. The molecule has 5 heteroatoms. The maximum atomic E-state index is 12.1. The fraction of sp³-hybridized carbons (Fsp3) is 0.611. The van der Waals surface area contributed by atoms with Gasteiger partial charge in [-0.05, 0) is 30.7 Å². The van der Waals surface area contributed by atoms with Gasteiger partial charge in [-0.2, -0.15) is 0 Å². The molecule has 0 aromatic heterocycles. The van der Waals surface area contributed by atoms with Crippen LogP contribution in [-0.4, -0.2) is 56.7 Å². The van der Waals surface area contributed by atoms with Crippen LogP contribution in [0.15, 0.2) is 24.3 Å². The molecule has 1 fully saturated rings. The van der Waals surface area contributed by atoms with Crippen molar-refractivity contribution in [3.05, 3.63) is 35.4 Å². The molecule has 0 aliphatic carbocycles. The maximum Gasteiger partial charge on any atom is 0.251 e. The highest BCUT2D eigenvalue weighted by atomic mass is 16.5. The zero-order valence-corrected chi connectivity index (χ0v) is 14.5. The van der Waals surface area contributed by atoms with E-state index < -0.39 is 0 Å². The lowest BCUT2D eigenvalue weighted by atomic mass is 10.1. The predicted molar refractivity (Wildman–Crippen MR) is 92.6 cm³/mol. The monoisotopic (exact) mass is 319 g/mol. The Morgan fingerprint density at radius 2 is 2.26 bits per heavy atom. The zero-order valence-electron chi connectivity index (χ0n) is 14.5. The number of nitrogens with zero attached hydrogens (tertiary/aromatic N) is 1. The molecule has 23 heavy (non-hydrogen) atoms. The molecule has 1 atom stereocenters. The zero-order chi connectivity index (χ0) is 16.7. The van der Waals surface area contributed by atoms with E-state index in [0.717, 1.165) is 43.9 Å². The van der Waals surface area contributed by atoms with Gasteiger partial charge < -0.3 is 20.3 Å². The van der Waals surface area contributed by atoms with Crippen molar-refractivity contribution in [1.82, 2.24) is 15.5 Å². The number of ether oxygens (including phenoxy) is 1. The molecule has 0 spiro atoms. The van der Waals surface area contributed by atoms with Crippen molar-refractivity contribution in [1.29, 1.82) is 0 Å². The third-order valence-corrected chi connectivity index (χ3v) is 3.90. The summed E-state index contributed by atoms with van der Waals surface area (Å²) in [6.45, 7) is 9.22. The van der Waals surface area contributed by atoms with Crippen molar-refractivity contribution < 1.29 is 9.53 Å². The summed E-state index contributed by atoms with van der Waals surface area (Å²) in [4.78, 5) is 14.4. The topological polar surface area (TPSA) is 53.6 Å². The van der Waals surface area contributed by atoms with Crippen LogP contribution in [0.4, 0.5) is 0 Å². The number of nitrogens with one attached hydrogen (secondary N) is 2. The second kappa shape index (κ2) is 9.01. The minimum atomic E-state index is -0.00205. The standard InChI is InChI=1S/C18H29N3O2/c1-14(2)10-20-18(22)16-6-4-5-15(9-16)11-19-12-17-13-21(3)7-8-23-17/h4-6,9,14,17,19H,7-8,10-13H2,1-3H3,(H,20,22). The normalized spacial score (nSPS) is 19.0. The molecule has 1 aromatic carbocycles. The van der Waals surface area contributed by atoms with Crippen LogP contribution >= 0.6 is 0 Å². The van der Waals surface area contributed by atoms with E-state index in [4.69, 9.17) is 4.74 Å². The van der Waals surface area contributed by atoms with Crippen LogP contribution in [0.2, 0.25) is 0 Å². The van der Waals surface area contributed by atoms with Gasteiger partial charge in [-0.25, -0.2) is 0 Å². The molecule has 1 saturated heterocycles. The van der Waals surface area contributed by atoms with Crippen molar-refractivity contribution in [3.8, 4) is 0 Å². The molecule has 2 rings (SSSR count). The quantitative estimate of drug-likeness (QED) is 0.799. The van der Waals surface area contributed by atoms with E-state index in [1.807, 2.05) is 24.3 Å². The number of morpholine rings is 1. The van der Waals surface area contributed by atoms with Crippen LogP contribution in [0.1, 0.15) is 29.8 Å². The van der Waals surface area contributed by atoms with Crippen molar-refractivity contribution in [2.24, 2.45) is 5.92 Å². The summed E-state index contributed by atoms with van der Waals surface area (Å²) in [5.74, 6) is 0.454. The van der Waals surface area contributed by atoms with Gasteiger partial charge in [-0.1, -0.05) is 26.0 Å². The smallest absolute Gasteiger partial charge is 0.251 e. The first-order valence-electron chi connectivity index (χ1n) is 8.42. The summed E-state index contributed by atoms with van der Waals surface area (Å²) in [7, 11) is 2.12. The van der Waals surface area contributed by atoms with Gasteiger partial charge in [0.25, 0.3) is 5.91 Å². The Balaban J connectivity index is 1.79. The molecule has 0 bridgehead atoms. The molecule has 128 valence electrons. The minimum Gasteiger partial charge on any atom is -0.374 e. The molecule has 5 nitrogen and oxygen atoms in total. The minimum absolute atomic E-state index is 0.00205. The summed E-state index contributed by atoms with van der Waals surface area (Å²) in [6.07, 6.45) is 0.242. The van der Waals surface area contributed by atoms with Crippen molar-refractivity contribution >= 4 is 5.91 Å². The Kier molecular flexibility index (Phi) is 7.02. The number of benzene rings is 1. The molecule has 1 aromatic rings. The first-order chi connectivity index (χ1) is 11.0. The molecular weight excluding hydrogens is 290 g/mol. The van der Waals surface area contributed by atoms with Gasteiger partial charge in [0.2, 0.25) is 0 Å².